The van der Waals surface area contributed by atoms with Crippen LogP contribution in [0, 0.1) is 0 Å². The van der Waals surface area contributed by atoms with Crippen molar-refractivity contribution >= 4 is 9.24 Å². The van der Waals surface area contributed by atoms with Crippen LogP contribution in [-0.4, -0.2) is 0 Å². The molecule has 0 aliphatic heterocycles. The number of benzene rings is 1. The molecule has 0 saturated carbocycles. The normalized spacial score (nSPS) is 17.6. The molecule has 0 nitrogen and oxygen atoms in total. The largest absolute Gasteiger partial charge is 0.106 e. The van der Waals surface area contributed by atoms with E-state index < -0.39 is 0 Å². The molecule has 2 rings (SSSR count). The Morgan fingerprint density at radius 3 is 2.50 bits per heavy atom. The molecule has 14 heavy (non-hydrogen) atoms. The average molecular weight is 202 g/mol. The van der Waals surface area contributed by atoms with Crippen molar-refractivity contribution in [2.24, 2.45) is 0 Å². The van der Waals surface area contributed by atoms with Gasteiger partial charge in [0, 0.05) is 5.92 Å². The van der Waals surface area contributed by atoms with Crippen LogP contribution in [0.1, 0.15) is 24.8 Å². The summed E-state index contributed by atoms with van der Waals surface area (Å²) in [4.78, 5) is 0. The third-order valence-corrected chi connectivity index (χ3v) is 3.39. The summed E-state index contributed by atoms with van der Waals surface area (Å²) in [5, 5.41) is 1.36. The molecule has 0 N–H and O–H groups in total. The van der Waals surface area contributed by atoms with E-state index in [-0.39, 0.29) is 0 Å². The van der Waals surface area contributed by atoms with E-state index in [0.717, 1.165) is 6.42 Å². The van der Waals surface area contributed by atoms with Crippen molar-refractivity contribution in [1.82, 2.24) is 0 Å². The minimum atomic E-state index is 0.540. The van der Waals surface area contributed by atoms with Crippen molar-refractivity contribution in [3.63, 3.8) is 0 Å². The molecule has 0 amide bonds. The lowest BCUT2D eigenvalue weighted by atomic mass is 9.92. The van der Waals surface area contributed by atoms with Gasteiger partial charge in [0.2, 0.25) is 0 Å². The van der Waals surface area contributed by atoms with E-state index in [2.05, 4.69) is 58.6 Å². The van der Waals surface area contributed by atoms with Gasteiger partial charge in [-0.1, -0.05) is 55.0 Å². The van der Waals surface area contributed by atoms with Crippen LogP contribution in [0.3, 0.4) is 0 Å². The molecule has 1 heteroatoms. The second-order valence-corrected chi connectivity index (χ2v) is 4.34. The summed E-state index contributed by atoms with van der Waals surface area (Å²) in [7, 11) is 2.82. The van der Waals surface area contributed by atoms with Crippen LogP contribution in [0.25, 0.3) is 0 Å². The Morgan fingerprint density at radius 2 is 1.93 bits per heavy atom. The molecule has 0 spiro atoms. The fourth-order valence-electron chi connectivity index (χ4n) is 1.91. The van der Waals surface area contributed by atoms with Crippen LogP contribution < -0.4 is 0 Å². The summed E-state index contributed by atoms with van der Waals surface area (Å²) in [6.07, 6.45) is 5.53. The first-order chi connectivity index (χ1) is 6.79. The van der Waals surface area contributed by atoms with Crippen molar-refractivity contribution in [1.29, 1.82) is 0 Å². The lowest BCUT2D eigenvalue weighted by Gasteiger charge is -2.14. The third kappa shape index (κ3) is 1.81. The van der Waals surface area contributed by atoms with E-state index in [9.17, 15) is 0 Å². The van der Waals surface area contributed by atoms with E-state index in [4.69, 9.17) is 0 Å². The predicted molar refractivity (Wildman–Crippen MR) is 65.4 cm³/mol. The Kier molecular flexibility index (Phi) is 2.84. The van der Waals surface area contributed by atoms with Crippen molar-refractivity contribution in [3.05, 3.63) is 58.9 Å². The summed E-state index contributed by atoms with van der Waals surface area (Å²) < 4.78 is 0. The maximum Gasteiger partial charge on any atom is 0.00321 e. The summed E-state index contributed by atoms with van der Waals surface area (Å²) in [6, 6.07) is 10.7. The van der Waals surface area contributed by atoms with Gasteiger partial charge in [-0.25, -0.2) is 0 Å². The molecule has 0 aromatic heterocycles. The molecule has 1 unspecified atom stereocenters. The fraction of sp³-hybridized carbons (Fsp3) is 0.231. The average Bonchev–Trinajstić information content (AvgIpc) is 2.65. The Balaban J connectivity index is 2.26. The van der Waals surface area contributed by atoms with Gasteiger partial charge < -0.3 is 0 Å². The molecular formula is C13H15P. The number of hydrogen-bond acceptors (Lipinski definition) is 0. The summed E-state index contributed by atoms with van der Waals surface area (Å²) in [5.41, 5.74) is 2.94. The molecule has 2 atom stereocenters. The Hall–Kier alpha value is -0.870. The fourth-order valence-corrected chi connectivity index (χ4v) is 2.41. The molecule has 72 valence electrons. The lowest BCUT2D eigenvalue weighted by molar-refractivity contribution is 0.869. The molecule has 0 bridgehead atoms. The van der Waals surface area contributed by atoms with Crippen molar-refractivity contribution in [2.45, 2.75) is 19.3 Å². The van der Waals surface area contributed by atoms with Gasteiger partial charge in [-0.15, -0.1) is 9.24 Å². The molecule has 1 aliphatic carbocycles. The lowest BCUT2D eigenvalue weighted by Crippen LogP contribution is -1.96. The van der Waals surface area contributed by atoms with Gasteiger partial charge in [-0.2, -0.15) is 0 Å². The summed E-state index contributed by atoms with van der Waals surface area (Å²) in [6.45, 7) is 2.28. The third-order valence-electron chi connectivity index (χ3n) is 2.83. The first kappa shape index (κ1) is 9.68. The second kappa shape index (κ2) is 4.11. The SMILES string of the molecule is C[C@H](C1=C(P)C=CC1)c1ccccc1. The van der Waals surface area contributed by atoms with Crippen molar-refractivity contribution in [3.8, 4) is 0 Å². The van der Waals surface area contributed by atoms with Crippen LogP contribution in [0.4, 0.5) is 0 Å². The molecule has 0 fully saturated rings. The zero-order valence-corrected chi connectivity index (χ0v) is 9.56. The topological polar surface area (TPSA) is 0 Å². The molecule has 0 radical (unpaired) electrons. The Labute approximate surface area is 87.9 Å². The number of allylic oxidation sites excluding steroid dienone is 4. The van der Waals surface area contributed by atoms with Gasteiger partial charge in [0.25, 0.3) is 0 Å². The second-order valence-electron chi connectivity index (χ2n) is 3.72. The summed E-state index contributed by atoms with van der Waals surface area (Å²) in [5.74, 6) is 0.540. The molecular weight excluding hydrogens is 187 g/mol. The standard InChI is InChI=1S/C13H15P/c1-10(11-6-3-2-4-7-11)12-8-5-9-13(12)14/h2-7,9-10H,8,14H2,1H3/t10-/m0/s1. The van der Waals surface area contributed by atoms with E-state index in [1.54, 1.807) is 0 Å². The minimum absolute atomic E-state index is 0.540. The highest BCUT2D eigenvalue weighted by atomic mass is 31.0. The number of hydrogen-bond donors (Lipinski definition) is 0. The minimum Gasteiger partial charge on any atom is -0.106 e. The molecule has 0 heterocycles. The molecule has 1 aromatic carbocycles. The van der Waals surface area contributed by atoms with Gasteiger partial charge in [0.1, 0.15) is 0 Å². The summed E-state index contributed by atoms with van der Waals surface area (Å²) >= 11 is 0. The maximum absolute atomic E-state index is 2.82. The number of rotatable bonds is 2. The van der Waals surface area contributed by atoms with E-state index >= 15 is 0 Å². The first-order valence-corrected chi connectivity index (χ1v) is 5.57. The Morgan fingerprint density at radius 1 is 1.21 bits per heavy atom. The van der Waals surface area contributed by atoms with E-state index in [1.807, 2.05) is 0 Å². The first-order valence-electron chi connectivity index (χ1n) is 4.99. The highest BCUT2D eigenvalue weighted by Crippen LogP contribution is 2.35. The van der Waals surface area contributed by atoms with E-state index in [1.165, 1.54) is 16.5 Å². The predicted octanol–water partition coefficient (Wildman–Crippen LogP) is 3.88. The van der Waals surface area contributed by atoms with Gasteiger partial charge in [-0.3, -0.25) is 0 Å². The zero-order chi connectivity index (χ0) is 9.97. The molecule has 0 saturated heterocycles. The van der Waals surface area contributed by atoms with Crippen LogP contribution in [0.2, 0.25) is 0 Å². The maximum atomic E-state index is 2.82. The molecule has 1 aromatic rings. The van der Waals surface area contributed by atoms with Crippen LogP contribution >= 0.6 is 9.24 Å². The van der Waals surface area contributed by atoms with Crippen LogP contribution in [-0.2, 0) is 0 Å². The van der Waals surface area contributed by atoms with Crippen LogP contribution in [0.15, 0.2) is 53.4 Å². The van der Waals surface area contributed by atoms with Gasteiger partial charge in [0.15, 0.2) is 0 Å². The zero-order valence-electron chi connectivity index (χ0n) is 8.40. The quantitative estimate of drug-likeness (QED) is 0.638. The highest BCUT2D eigenvalue weighted by Gasteiger charge is 2.14. The van der Waals surface area contributed by atoms with E-state index in [0.29, 0.717) is 5.92 Å². The smallest absolute Gasteiger partial charge is 0.00321 e. The van der Waals surface area contributed by atoms with Gasteiger partial charge >= 0.3 is 0 Å². The van der Waals surface area contributed by atoms with Gasteiger partial charge in [-0.05, 0) is 17.3 Å². The molecule has 1 aliphatic rings. The van der Waals surface area contributed by atoms with Crippen molar-refractivity contribution in [2.75, 3.05) is 0 Å². The van der Waals surface area contributed by atoms with Crippen molar-refractivity contribution < 1.29 is 0 Å². The Bertz CT molecular complexity index is 373. The van der Waals surface area contributed by atoms with Gasteiger partial charge in [0.05, 0.1) is 0 Å². The monoisotopic (exact) mass is 202 g/mol. The highest BCUT2D eigenvalue weighted by molar-refractivity contribution is 7.23. The van der Waals surface area contributed by atoms with Crippen LogP contribution in [0.5, 0.6) is 0 Å².